The molecule has 1 aromatic rings. The summed E-state index contributed by atoms with van der Waals surface area (Å²) in [4.78, 5) is 11.5. The lowest BCUT2D eigenvalue weighted by Crippen LogP contribution is -2.45. The van der Waals surface area contributed by atoms with Crippen molar-refractivity contribution in [1.82, 2.24) is 9.88 Å². The molecule has 0 aromatic carbocycles. The first kappa shape index (κ1) is 10.2. The van der Waals surface area contributed by atoms with E-state index in [4.69, 9.17) is 4.74 Å². The topological polar surface area (TPSA) is 43.3 Å². The van der Waals surface area contributed by atoms with Crippen molar-refractivity contribution in [3.8, 4) is 0 Å². The van der Waals surface area contributed by atoms with E-state index in [1.807, 2.05) is 16.7 Å². The number of hydrogen-bond donors (Lipinski definition) is 1. The monoisotopic (exact) mass is 208 g/mol. The Morgan fingerprint density at radius 3 is 2.93 bits per heavy atom. The molecule has 0 fully saturated rings. The minimum Gasteiger partial charge on any atom is -0.464 e. The lowest BCUT2D eigenvalue weighted by Gasteiger charge is -2.33. The van der Waals surface area contributed by atoms with E-state index in [0.717, 1.165) is 18.8 Å². The number of carbonyl (C=O) groups is 1. The van der Waals surface area contributed by atoms with Gasteiger partial charge in [0.05, 0.1) is 12.6 Å². The highest BCUT2D eigenvalue weighted by Gasteiger charge is 2.29. The lowest BCUT2D eigenvalue weighted by atomic mass is 9.99. The molecule has 1 aromatic heterocycles. The molecule has 0 spiro atoms. The third-order valence-electron chi connectivity index (χ3n) is 2.92. The summed E-state index contributed by atoms with van der Waals surface area (Å²) in [6.07, 6.45) is 0. The van der Waals surface area contributed by atoms with Crippen LogP contribution < -0.4 is 5.32 Å². The van der Waals surface area contributed by atoms with Gasteiger partial charge in [0.1, 0.15) is 5.69 Å². The molecule has 0 amide bonds. The number of methoxy groups -OCH3 is 1. The predicted molar refractivity (Wildman–Crippen MR) is 56.8 cm³/mol. The second kappa shape index (κ2) is 3.38. The van der Waals surface area contributed by atoms with Gasteiger partial charge >= 0.3 is 5.97 Å². The largest absolute Gasteiger partial charge is 0.464 e. The van der Waals surface area contributed by atoms with Crippen LogP contribution in [0.15, 0.2) is 12.1 Å². The molecule has 0 aliphatic carbocycles. The maximum absolute atomic E-state index is 11.5. The maximum atomic E-state index is 11.5. The highest BCUT2D eigenvalue weighted by atomic mass is 16.5. The Morgan fingerprint density at radius 1 is 1.53 bits per heavy atom. The van der Waals surface area contributed by atoms with Gasteiger partial charge in [-0.3, -0.25) is 0 Å². The highest BCUT2D eigenvalue weighted by molar-refractivity contribution is 5.88. The molecule has 0 saturated carbocycles. The molecule has 1 aliphatic rings. The van der Waals surface area contributed by atoms with E-state index in [-0.39, 0.29) is 11.5 Å². The van der Waals surface area contributed by atoms with Crippen molar-refractivity contribution in [2.45, 2.75) is 25.9 Å². The van der Waals surface area contributed by atoms with Crippen LogP contribution in [0.1, 0.15) is 30.0 Å². The van der Waals surface area contributed by atoms with Crippen molar-refractivity contribution in [3.63, 3.8) is 0 Å². The van der Waals surface area contributed by atoms with Crippen molar-refractivity contribution in [2.24, 2.45) is 0 Å². The number of nitrogens with zero attached hydrogens (tertiary/aromatic N) is 1. The fraction of sp³-hybridized carbons (Fsp3) is 0.545. The normalized spacial score (nSPS) is 18.3. The Morgan fingerprint density at radius 2 is 2.27 bits per heavy atom. The van der Waals surface area contributed by atoms with E-state index in [9.17, 15) is 4.79 Å². The van der Waals surface area contributed by atoms with Crippen LogP contribution in [0.2, 0.25) is 0 Å². The maximum Gasteiger partial charge on any atom is 0.354 e. The van der Waals surface area contributed by atoms with E-state index < -0.39 is 0 Å². The SMILES string of the molecule is COC(=O)c1ccc2n1CCNC2(C)C. The van der Waals surface area contributed by atoms with Crippen molar-refractivity contribution in [1.29, 1.82) is 0 Å². The number of carbonyl (C=O) groups excluding carboxylic acids is 1. The standard InChI is InChI=1S/C11H16N2O2/c1-11(2)9-5-4-8(10(14)15-3)13(9)7-6-12-11/h4-5,12H,6-7H2,1-3H3. The predicted octanol–water partition coefficient (Wildman–Crippen LogP) is 1.11. The minimum absolute atomic E-state index is 0.0788. The van der Waals surface area contributed by atoms with Crippen LogP contribution in [0.3, 0.4) is 0 Å². The van der Waals surface area contributed by atoms with Crippen LogP contribution >= 0.6 is 0 Å². The van der Waals surface area contributed by atoms with E-state index in [2.05, 4.69) is 19.2 Å². The second-order valence-corrected chi connectivity index (χ2v) is 4.30. The van der Waals surface area contributed by atoms with E-state index >= 15 is 0 Å². The number of aromatic nitrogens is 1. The molecular formula is C11H16N2O2. The molecule has 2 heterocycles. The molecule has 1 aliphatic heterocycles. The number of nitrogens with one attached hydrogen (secondary N) is 1. The smallest absolute Gasteiger partial charge is 0.354 e. The van der Waals surface area contributed by atoms with Gasteiger partial charge < -0.3 is 14.6 Å². The quantitative estimate of drug-likeness (QED) is 0.703. The molecular weight excluding hydrogens is 192 g/mol. The first-order valence-corrected chi connectivity index (χ1v) is 5.09. The van der Waals surface area contributed by atoms with Crippen molar-refractivity contribution >= 4 is 5.97 Å². The molecule has 0 atom stereocenters. The summed E-state index contributed by atoms with van der Waals surface area (Å²) >= 11 is 0. The molecule has 2 rings (SSSR count). The molecule has 82 valence electrons. The average molecular weight is 208 g/mol. The summed E-state index contributed by atoms with van der Waals surface area (Å²) in [5.41, 5.74) is 1.70. The van der Waals surface area contributed by atoms with Crippen LogP contribution in [0.5, 0.6) is 0 Å². The summed E-state index contributed by atoms with van der Waals surface area (Å²) < 4.78 is 6.78. The molecule has 4 nitrogen and oxygen atoms in total. The average Bonchev–Trinajstić information content (AvgIpc) is 2.61. The Hall–Kier alpha value is -1.29. The molecule has 0 bridgehead atoms. The van der Waals surface area contributed by atoms with Crippen LogP contribution in [0.25, 0.3) is 0 Å². The molecule has 4 heteroatoms. The van der Waals surface area contributed by atoms with Gasteiger partial charge in [-0.25, -0.2) is 4.79 Å². The summed E-state index contributed by atoms with van der Waals surface area (Å²) in [6, 6.07) is 3.81. The number of ether oxygens (including phenoxy) is 1. The zero-order chi connectivity index (χ0) is 11.1. The Bertz CT molecular complexity index is 393. The van der Waals surface area contributed by atoms with Gasteiger partial charge in [0, 0.05) is 18.8 Å². The third-order valence-corrected chi connectivity index (χ3v) is 2.92. The third kappa shape index (κ3) is 1.55. The first-order valence-electron chi connectivity index (χ1n) is 5.09. The Kier molecular flexibility index (Phi) is 2.31. The molecule has 0 unspecified atom stereocenters. The Labute approximate surface area is 89.2 Å². The van der Waals surface area contributed by atoms with Gasteiger partial charge in [0.15, 0.2) is 0 Å². The summed E-state index contributed by atoms with van der Waals surface area (Å²) in [7, 11) is 1.41. The van der Waals surface area contributed by atoms with Gasteiger partial charge in [-0.1, -0.05) is 0 Å². The van der Waals surface area contributed by atoms with Gasteiger partial charge in [-0.15, -0.1) is 0 Å². The lowest BCUT2D eigenvalue weighted by molar-refractivity contribution is 0.0586. The zero-order valence-corrected chi connectivity index (χ0v) is 9.33. The number of fused-ring (bicyclic) bond motifs is 1. The van der Waals surface area contributed by atoms with Crippen LogP contribution in [0, 0.1) is 0 Å². The first-order chi connectivity index (χ1) is 7.06. The molecule has 1 N–H and O–H groups in total. The van der Waals surface area contributed by atoms with Gasteiger partial charge in [0.2, 0.25) is 0 Å². The highest BCUT2D eigenvalue weighted by Crippen LogP contribution is 2.26. The number of hydrogen-bond acceptors (Lipinski definition) is 3. The van der Waals surface area contributed by atoms with Gasteiger partial charge in [-0.2, -0.15) is 0 Å². The van der Waals surface area contributed by atoms with Crippen LogP contribution in [0.4, 0.5) is 0 Å². The fourth-order valence-electron chi connectivity index (χ4n) is 2.11. The van der Waals surface area contributed by atoms with E-state index in [0.29, 0.717) is 5.69 Å². The van der Waals surface area contributed by atoms with Crippen molar-refractivity contribution in [3.05, 3.63) is 23.5 Å². The van der Waals surface area contributed by atoms with Crippen LogP contribution in [-0.2, 0) is 16.8 Å². The van der Waals surface area contributed by atoms with Crippen LogP contribution in [-0.4, -0.2) is 24.2 Å². The van der Waals surface area contributed by atoms with E-state index in [1.54, 1.807) is 0 Å². The minimum atomic E-state index is -0.265. The van der Waals surface area contributed by atoms with Crippen molar-refractivity contribution in [2.75, 3.05) is 13.7 Å². The van der Waals surface area contributed by atoms with Gasteiger partial charge in [0.25, 0.3) is 0 Å². The summed E-state index contributed by atoms with van der Waals surface area (Å²) in [6.45, 7) is 5.91. The summed E-state index contributed by atoms with van der Waals surface area (Å²) in [5.74, 6) is -0.265. The van der Waals surface area contributed by atoms with E-state index in [1.165, 1.54) is 7.11 Å². The van der Waals surface area contributed by atoms with Gasteiger partial charge in [-0.05, 0) is 26.0 Å². The summed E-state index contributed by atoms with van der Waals surface area (Å²) in [5, 5.41) is 3.41. The Balaban J connectivity index is 2.47. The van der Waals surface area contributed by atoms with Crippen molar-refractivity contribution < 1.29 is 9.53 Å². The number of esters is 1. The molecule has 0 saturated heterocycles. The fourth-order valence-corrected chi connectivity index (χ4v) is 2.11. The number of rotatable bonds is 1. The molecule has 0 radical (unpaired) electrons. The second-order valence-electron chi connectivity index (χ2n) is 4.30. The molecule has 15 heavy (non-hydrogen) atoms. The zero-order valence-electron chi connectivity index (χ0n) is 9.33.